The maximum absolute atomic E-state index is 9.16. The minimum atomic E-state index is 0.382. The number of anilines is 1. The molecule has 0 atom stereocenters. The van der Waals surface area contributed by atoms with Crippen LogP contribution in [0.4, 0.5) is 5.69 Å². The van der Waals surface area contributed by atoms with Gasteiger partial charge in [0.2, 0.25) is 12.2 Å². The number of fused-ring (bicyclic) bond motifs is 1. The second-order valence-electron chi connectivity index (χ2n) is 8.84. The molecule has 4 aliphatic rings. The Morgan fingerprint density at radius 1 is 1.26 bits per heavy atom. The van der Waals surface area contributed by atoms with E-state index in [2.05, 4.69) is 25.9 Å². The highest BCUT2D eigenvalue weighted by Gasteiger charge is 2.50. The molecule has 2 aromatic rings. The molecule has 4 fully saturated rings. The van der Waals surface area contributed by atoms with Crippen molar-refractivity contribution in [3.8, 4) is 6.19 Å². The van der Waals surface area contributed by atoms with Crippen LogP contribution in [0.25, 0.3) is 11.0 Å². The standard InChI is InChI=1S/C20H25N7/c1-27-18-16(3-2-4-17(18)25-26-27)24-19(23-12-21)22-11-20-8-13-5-14(9-20)7-15(6-13)10-20/h2-4,13-15H,5-11H2,1H3,(H2,22,23,24). The third-order valence-corrected chi connectivity index (χ3v) is 6.84. The van der Waals surface area contributed by atoms with E-state index in [0.717, 1.165) is 41.0 Å². The zero-order chi connectivity index (χ0) is 18.4. The fourth-order valence-corrected chi connectivity index (χ4v) is 6.28. The highest BCUT2D eigenvalue weighted by Crippen LogP contribution is 2.59. The summed E-state index contributed by atoms with van der Waals surface area (Å²) in [5.74, 6) is 3.26. The Balaban J connectivity index is 1.34. The molecule has 0 amide bonds. The molecule has 0 radical (unpaired) electrons. The van der Waals surface area contributed by atoms with Gasteiger partial charge in [0.15, 0.2) is 0 Å². The van der Waals surface area contributed by atoms with E-state index in [9.17, 15) is 0 Å². The first-order valence-corrected chi connectivity index (χ1v) is 9.90. The van der Waals surface area contributed by atoms with Gasteiger partial charge in [-0.1, -0.05) is 11.3 Å². The number of guanidine groups is 1. The van der Waals surface area contributed by atoms with Crippen molar-refractivity contribution < 1.29 is 0 Å². The lowest BCUT2D eigenvalue weighted by Crippen LogP contribution is -2.51. The lowest BCUT2D eigenvalue weighted by atomic mass is 9.49. The molecule has 4 aliphatic carbocycles. The number of nitrogens with zero attached hydrogens (tertiary/aromatic N) is 5. The van der Waals surface area contributed by atoms with Gasteiger partial charge in [-0.25, -0.2) is 4.68 Å². The number of aliphatic imine (C=N–C) groups is 1. The summed E-state index contributed by atoms with van der Waals surface area (Å²) in [6, 6.07) is 5.82. The summed E-state index contributed by atoms with van der Waals surface area (Å²) in [6.45, 7) is 0.892. The van der Waals surface area contributed by atoms with E-state index in [-0.39, 0.29) is 0 Å². The van der Waals surface area contributed by atoms with Gasteiger partial charge in [-0.2, -0.15) is 5.26 Å². The van der Waals surface area contributed by atoms with Gasteiger partial charge in [0, 0.05) is 13.6 Å². The maximum Gasteiger partial charge on any atom is 0.211 e. The monoisotopic (exact) mass is 363 g/mol. The zero-order valence-corrected chi connectivity index (χ0v) is 15.6. The molecule has 4 bridgehead atoms. The van der Waals surface area contributed by atoms with Crippen LogP contribution in [0.5, 0.6) is 0 Å². The molecule has 27 heavy (non-hydrogen) atoms. The smallest absolute Gasteiger partial charge is 0.211 e. The number of rotatable bonds is 3. The van der Waals surface area contributed by atoms with Crippen molar-refractivity contribution in [1.29, 1.82) is 5.26 Å². The van der Waals surface area contributed by atoms with Crippen molar-refractivity contribution in [2.45, 2.75) is 38.5 Å². The molecule has 1 aromatic heterocycles. The number of benzene rings is 1. The van der Waals surface area contributed by atoms with Gasteiger partial charge in [0.25, 0.3) is 0 Å². The first kappa shape index (κ1) is 16.5. The summed E-state index contributed by atoms with van der Waals surface area (Å²) in [6.07, 6.45) is 10.2. The Kier molecular flexibility index (Phi) is 3.81. The van der Waals surface area contributed by atoms with E-state index in [1.165, 1.54) is 38.5 Å². The molecule has 0 saturated heterocycles. The van der Waals surface area contributed by atoms with Gasteiger partial charge in [0.1, 0.15) is 11.0 Å². The second-order valence-corrected chi connectivity index (χ2v) is 8.84. The van der Waals surface area contributed by atoms with Gasteiger partial charge in [-0.15, -0.1) is 10.1 Å². The molecule has 2 N–H and O–H groups in total. The molecule has 4 saturated carbocycles. The lowest BCUT2D eigenvalue weighted by molar-refractivity contribution is -0.0491. The van der Waals surface area contributed by atoms with E-state index in [1.807, 2.05) is 31.4 Å². The van der Waals surface area contributed by atoms with Crippen molar-refractivity contribution in [3.63, 3.8) is 0 Å². The second kappa shape index (κ2) is 6.22. The minimum absolute atomic E-state index is 0.382. The van der Waals surface area contributed by atoms with E-state index in [1.54, 1.807) is 4.68 Å². The molecule has 7 heteroatoms. The molecule has 6 rings (SSSR count). The molecular formula is C20H25N7. The molecule has 0 aliphatic heterocycles. The normalized spacial score (nSPS) is 31.9. The summed E-state index contributed by atoms with van der Waals surface area (Å²) in [5.41, 5.74) is 2.96. The number of aryl methyl sites for hydroxylation is 1. The van der Waals surface area contributed by atoms with E-state index in [4.69, 9.17) is 5.26 Å². The predicted molar refractivity (Wildman–Crippen MR) is 104 cm³/mol. The van der Waals surface area contributed by atoms with Crippen molar-refractivity contribution in [1.82, 2.24) is 20.3 Å². The number of nitriles is 1. The number of hydrogen-bond acceptors (Lipinski definition) is 4. The summed E-state index contributed by atoms with van der Waals surface area (Å²) in [5, 5.41) is 24.2. The first-order chi connectivity index (χ1) is 13.1. The van der Waals surface area contributed by atoms with Crippen LogP contribution in [-0.4, -0.2) is 27.5 Å². The summed E-state index contributed by atoms with van der Waals surface area (Å²) in [7, 11) is 1.87. The molecular weight excluding hydrogens is 338 g/mol. The van der Waals surface area contributed by atoms with Crippen LogP contribution < -0.4 is 10.6 Å². The molecule has 7 nitrogen and oxygen atoms in total. The highest BCUT2D eigenvalue weighted by molar-refractivity contribution is 6.01. The van der Waals surface area contributed by atoms with Crippen LogP contribution >= 0.6 is 0 Å². The number of nitrogens with one attached hydrogen (secondary N) is 2. The SMILES string of the molecule is Cn1nnc2cccc(NC(=NC#N)NCC34CC5CC(CC(C5)C3)C4)c21. The van der Waals surface area contributed by atoms with Crippen molar-refractivity contribution in [3.05, 3.63) is 18.2 Å². The molecule has 0 unspecified atom stereocenters. The average Bonchev–Trinajstić information content (AvgIpc) is 3.01. The van der Waals surface area contributed by atoms with Crippen molar-refractivity contribution in [2.75, 3.05) is 11.9 Å². The summed E-state index contributed by atoms with van der Waals surface area (Å²) < 4.78 is 1.74. The largest absolute Gasteiger partial charge is 0.355 e. The fraction of sp³-hybridized carbons (Fsp3) is 0.600. The van der Waals surface area contributed by atoms with Crippen LogP contribution in [0.1, 0.15) is 38.5 Å². The van der Waals surface area contributed by atoms with Crippen molar-refractivity contribution >= 4 is 22.7 Å². The van der Waals surface area contributed by atoms with Crippen LogP contribution in [0, 0.1) is 34.6 Å². The molecule has 1 heterocycles. The molecule has 140 valence electrons. The third kappa shape index (κ3) is 2.93. The van der Waals surface area contributed by atoms with Crippen LogP contribution in [0.15, 0.2) is 23.2 Å². The van der Waals surface area contributed by atoms with Gasteiger partial charge in [-0.3, -0.25) is 0 Å². The highest BCUT2D eigenvalue weighted by atomic mass is 15.4. The van der Waals surface area contributed by atoms with Crippen LogP contribution in [0.3, 0.4) is 0 Å². The maximum atomic E-state index is 9.16. The Hall–Kier alpha value is -2.62. The molecule has 1 aromatic carbocycles. The predicted octanol–water partition coefficient (Wildman–Crippen LogP) is 3.02. The quantitative estimate of drug-likeness (QED) is 0.497. The Bertz CT molecular complexity index is 900. The lowest BCUT2D eigenvalue weighted by Gasteiger charge is -2.57. The van der Waals surface area contributed by atoms with Gasteiger partial charge in [0.05, 0.1) is 5.69 Å². The van der Waals surface area contributed by atoms with Crippen molar-refractivity contribution in [2.24, 2.45) is 35.2 Å². The number of hydrogen-bond donors (Lipinski definition) is 2. The third-order valence-electron chi connectivity index (χ3n) is 6.84. The zero-order valence-electron chi connectivity index (χ0n) is 15.6. The van der Waals surface area contributed by atoms with Crippen LogP contribution in [0.2, 0.25) is 0 Å². The fourth-order valence-electron chi connectivity index (χ4n) is 6.28. The summed E-state index contributed by atoms with van der Waals surface area (Å²) in [4.78, 5) is 4.01. The number of aromatic nitrogens is 3. The Morgan fingerprint density at radius 2 is 1.96 bits per heavy atom. The first-order valence-electron chi connectivity index (χ1n) is 9.90. The Morgan fingerprint density at radius 3 is 2.63 bits per heavy atom. The summed E-state index contributed by atoms with van der Waals surface area (Å²) >= 11 is 0. The van der Waals surface area contributed by atoms with Gasteiger partial charge in [-0.05, 0) is 73.8 Å². The van der Waals surface area contributed by atoms with E-state index in [0.29, 0.717) is 11.4 Å². The topological polar surface area (TPSA) is 90.9 Å². The van der Waals surface area contributed by atoms with Crippen LogP contribution in [-0.2, 0) is 7.05 Å². The Labute approximate surface area is 158 Å². The van der Waals surface area contributed by atoms with Gasteiger partial charge < -0.3 is 10.6 Å². The van der Waals surface area contributed by atoms with Gasteiger partial charge >= 0.3 is 0 Å². The molecule has 0 spiro atoms. The van der Waals surface area contributed by atoms with E-state index < -0.39 is 0 Å². The minimum Gasteiger partial charge on any atom is -0.355 e. The average molecular weight is 363 g/mol. The van der Waals surface area contributed by atoms with E-state index >= 15 is 0 Å². The number of para-hydroxylation sites is 1.